The van der Waals surface area contributed by atoms with Crippen LogP contribution in [0.3, 0.4) is 0 Å². The zero-order valence-electron chi connectivity index (χ0n) is 15.0. The molecule has 0 bridgehead atoms. The predicted octanol–water partition coefficient (Wildman–Crippen LogP) is 1.64. The van der Waals surface area contributed by atoms with Crippen molar-refractivity contribution in [3.05, 3.63) is 29.8 Å². The number of hydrogen-bond acceptors (Lipinski definition) is 4. The fourth-order valence-electron chi connectivity index (χ4n) is 3.49. The Morgan fingerprint density at radius 3 is 2.24 bits per heavy atom. The Balaban J connectivity index is 1.74. The summed E-state index contributed by atoms with van der Waals surface area (Å²) in [6.45, 7) is 8.52. The van der Waals surface area contributed by atoms with Crippen molar-refractivity contribution in [1.29, 1.82) is 0 Å². The Kier molecular flexibility index (Phi) is 5.46. The van der Waals surface area contributed by atoms with E-state index in [0.717, 1.165) is 25.9 Å². The fourth-order valence-corrected chi connectivity index (χ4v) is 5.05. The highest BCUT2D eigenvalue weighted by molar-refractivity contribution is 7.89. The molecule has 7 heteroatoms. The molecule has 1 aromatic rings. The predicted molar refractivity (Wildman–Crippen MR) is 97.0 cm³/mol. The maximum absolute atomic E-state index is 12.8. The van der Waals surface area contributed by atoms with Crippen molar-refractivity contribution in [1.82, 2.24) is 14.1 Å². The third-order valence-electron chi connectivity index (χ3n) is 5.12. The number of hydrogen-bond donors (Lipinski definition) is 0. The zero-order valence-corrected chi connectivity index (χ0v) is 15.8. The minimum absolute atomic E-state index is 0.0816. The van der Waals surface area contributed by atoms with Gasteiger partial charge in [0.25, 0.3) is 5.91 Å². The summed E-state index contributed by atoms with van der Waals surface area (Å²) < 4.78 is 26.9. The summed E-state index contributed by atoms with van der Waals surface area (Å²) in [7, 11) is -3.49. The van der Waals surface area contributed by atoms with Gasteiger partial charge in [-0.25, -0.2) is 8.42 Å². The Morgan fingerprint density at radius 2 is 1.64 bits per heavy atom. The van der Waals surface area contributed by atoms with Gasteiger partial charge in [0.15, 0.2) is 0 Å². The molecule has 0 aromatic heterocycles. The molecule has 1 aromatic carbocycles. The van der Waals surface area contributed by atoms with Gasteiger partial charge in [-0.05, 0) is 44.9 Å². The van der Waals surface area contributed by atoms with Gasteiger partial charge in [0.05, 0.1) is 4.90 Å². The lowest BCUT2D eigenvalue weighted by molar-refractivity contribution is 0.0595. The first-order valence-corrected chi connectivity index (χ1v) is 10.5. The maximum Gasteiger partial charge on any atom is 0.253 e. The summed E-state index contributed by atoms with van der Waals surface area (Å²) in [5.74, 6) is -0.0816. The van der Waals surface area contributed by atoms with Crippen molar-refractivity contribution in [3.8, 4) is 0 Å². The number of sulfonamides is 1. The Labute approximate surface area is 150 Å². The van der Waals surface area contributed by atoms with E-state index in [1.807, 2.05) is 4.90 Å². The molecule has 0 spiro atoms. The van der Waals surface area contributed by atoms with E-state index in [-0.39, 0.29) is 10.8 Å². The molecule has 2 fully saturated rings. The average Bonchev–Trinajstić information content (AvgIpc) is 3.17. The number of carbonyl (C=O) groups is 1. The first kappa shape index (κ1) is 18.4. The Bertz CT molecular complexity index is 719. The highest BCUT2D eigenvalue weighted by Crippen LogP contribution is 2.22. The maximum atomic E-state index is 12.8. The molecule has 0 unspecified atom stereocenters. The van der Waals surface area contributed by atoms with Crippen LogP contribution in [0.1, 0.15) is 37.0 Å². The Morgan fingerprint density at radius 1 is 1.00 bits per heavy atom. The summed E-state index contributed by atoms with van der Waals surface area (Å²) >= 11 is 0. The summed E-state index contributed by atoms with van der Waals surface area (Å²) in [6.07, 6.45) is 1.80. The zero-order chi connectivity index (χ0) is 18.0. The van der Waals surface area contributed by atoms with Gasteiger partial charge in [-0.1, -0.05) is 6.07 Å². The highest BCUT2D eigenvalue weighted by Gasteiger charge is 2.29. The number of rotatable bonds is 4. The third-order valence-corrected chi connectivity index (χ3v) is 7.01. The van der Waals surface area contributed by atoms with Crippen molar-refractivity contribution in [3.63, 3.8) is 0 Å². The third kappa shape index (κ3) is 3.88. The molecule has 2 heterocycles. The smallest absolute Gasteiger partial charge is 0.253 e. The first-order chi connectivity index (χ1) is 11.9. The van der Waals surface area contributed by atoms with E-state index >= 15 is 0 Å². The quantitative estimate of drug-likeness (QED) is 0.814. The average molecular weight is 365 g/mol. The summed E-state index contributed by atoms with van der Waals surface area (Å²) in [5.41, 5.74) is 0.457. The van der Waals surface area contributed by atoms with Crippen molar-refractivity contribution in [2.24, 2.45) is 0 Å². The number of carbonyl (C=O) groups excluding carboxylic acids is 1. The van der Waals surface area contributed by atoms with Crippen molar-refractivity contribution >= 4 is 15.9 Å². The van der Waals surface area contributed by atoms with E-state index in [1.54, 1.807) is 18.2 Å². The summed E-state index contributed by atoms with van der Waals surface area (Å²) in [6, 6.07) is 6.97. The van der Waals surface area contributed by atoms with Gasteiger partial charge in [-0.2, -0.15) is 4.31 Å². The molecule has 0 aliphatic carbocycles. The molecule has 2 saturated heterocycles. The molecule has 0 radical (unpaired) electrons. The molecule has 1 amide bonds. The molecule has 0 saturated carbocycles. The lowest BCUT2D eigenvalue weighted by atomic mass is 10.1. The van der Waals surface area contributed by atoms with E-state index in [1.165, 1.54) is 10.4 Å². The Hall–Kier alpha value is -1.44. The topological polar surface area (TPSA) is 60.9 Å². The molecular weight excluding hydrogens is 338 g/mol. The van der Waals surface area contributed by atoms with E-state index in [2.05, 4.69) is 18.7 Å². The van der Waals surface area contributed by atoms with Crippen LogP contribution in [0, 0.1) is 0 Å². The van der Waals surface area contributed by atoms with Gasteiger partial charge in [-0.3, -0.25) is 9.69 Å². The summed E-state index contributed by atoms with van der Waals surface area (Å²) in [4.78, 5) is 17.2. The monoisotopic (exact) mass is 365 g/mol. The molecule has 2 aliphatic rings. The molecule has 6 nitrogen and oxygen atoms in total. The van der Waals surface area contributed by atoms with Crippen molar-refractivity contribution in [2.45, 2.75) is 37.6 Å². The molecule has 2 aliphatic heterocycles. The number of piperazine rings is 1. The largest absolute Gasteiger partial charge is 0.336 e. The van der Waals surface area contributed by atoms with Crippen LogP contribution in [-0.2, 0) is 10.0 Å². The molecule has 25 heavy (non-hydrogen) atoms. The van der Waals surface area contributed by atoms with Crippen molar-refractivity contribution in [2.75, 3.05) is 39.3 Å². The minimum Gasteiger partial charge on any atom is -0.336 e. The lowest BCUT2D eigenvalue weighted by Crippen LogP contribution is -2.50. The van der Waals surface area contributed by atoms with E-state index in [9.17, 15) is 13.2 Å². The highest BCUT2D eigenvalue weighted by atomic mass is 32.2. The van der Waals surface area contributed by atoms with E-state index < -0.39 is 10.0 Å². The van der Waals surface area contributed by atoms with Gasteiger partial charge in [0, 0.05) is 50.9 Å². The fraction of sp³-hybridized carbons (Fsp3) is 0.611. The van der Waals surface area contributed by atoms with Crippen LogP contribution >= 0.6 is 0 Å². The van der Waals surface area contributed by atoms with Crippen LogP contribution in [0.5, 0.6) is 0 Å². The van der Waals surface area contributed by atoms with Gasteiger partial charge in [0.2, 0.25) is 10.0 Å². The number of nitrogens with zero attached hydrogens (tertiary/aromatic N) is 3. The van der Waals surface area contributed by atoms with E-state index in [0.29, 0.717) is 37.8 Å². The van der Waals surface area contributed by atoms with Crippen LogP contribution in [-0.4, -0.2) is 73.7 Å². The molecule has 0 atom stereocenters. The number of benzene rings is 1. The number of amides is 1. The molecule has 3 rings (SSSR count). The standard InChI is InChI=1S/C18H27N3O3S/c1-15(2)19-10-12-20(13-11-19)18(22)16-6-5-7-17(14-16)25(23,24)21-8-3-4-9-21/h5-7,14-15H,3-4,8-13H2,1-2H3. The first-order valence-electron chi connectivity index (χ1n) is 9.03. The molecule has 0 N–H and O–H groups in total. The van der Waals surface area contributed by atoms with Crippen LogP contribution in [0.15, 0.2) is 29.2 Å². The molecular formula is C18H27N3O3S. The second-order valence-corrected chi connectivity index (χ2v) is 9.00. The summed E-state index contributed by atoms with van der Waals surface area (Å²) in [5, 5.41) is 0. The van der Waals surface area contributed by atoms with E-state index in [4.69, 9.17) is 0 Å². The van der Waals surface area contributed by atoms with Crippen molar-refractivity contribution < 1.29 is 13.2 Å². The van der Waals surface area contributed by atoms with Crippen LogP contribution < -0.4 is 0 Å². The van der Waals surface area contributed by atoms with Gasteiger partial charge in [0.1, 0.15) is 0 Å². The lowest BCUT2D eigenvalue weighted by Gasteiger charge is -2.37. The van der Waals surface area contributed by atoms with Crippen LogP contribution in [0.4, 0.5) is 0 Å². The second-order valence-electron chi connectivity index (χ2n) is 7.06. The molecule has 138 valence electrons. The normalized spacial score (nSPS) is 20.4. The van der Waals surface area contributed by atoms with Gasteiger partial charge in [-0.15, -0.1) is 0 Å². The minimum atomic E-state index is -3.49. The SMILES string of the molecule is CC(C)N1CCN(C(=O)c2cccc(S(=O)(=O)N3CCCC3)c2)CC1. The second kappa shape index (κ2) is 7.43. The van der Waals surface area contributed by atoms with Gasteiger partial charge < -0.3 is 4.90 Å². The van der Waals surface area contributed by atoms with Crippen LogP contribution in [0.2, 0.25) is 0 Å². The van der Waals surface area contributed by atoms with Crippen LogP contribution in [0.25, 0.3) is 0 Å². The van der Waals surface area contributed by atoms with Gasteiger partial charge >= 0.3 is 0 Å².